The summed E-state index contributed by atoms with van der Waals surface area (Å²) in [6.07, 6.45) is 3.84. The van der Waals surface area contributed by atoms with E-state index in [-0.39, 0.29) is 18.3 Å². The van der Waals surface area contributed by atoms with Gasteiger partial charge in [-0.2, -0.15) is 0 Å². The molecule has 0 aliphatic carbocycles. The van der Waals surface area contributed by atoms with Crippen molar-refractivity contribution in [1.29, 1.82) is 0 Å². The summed E-state index contributed by atoms with van der Waals surface area (Å²) < 4.78 is 16.0. The number of carbonyl (C=O) groups is 2. The van der Waals surface area contributed by atoms with Crippen molar-refractivity contribution in [2.45, 2.75) is 38.6 Å². The van der Waals surface area contributed by atoms with E-state index >= 15 is 0 Å². The number of ketones is 1. The van der Waals surface area contributed by atoms with Crippen molar-refractivity contribution in [2.24, 2.45) is 5.92 Å². The molecule has 2 unspecified atom stereocenters. The van der Waals surface area contributed by atoms with Crippen molar-refractivity contribution < 1.29 is 23.8 Å². The van der Waals surface area contributed by atoms with E-state index in [0.29, 0.717) is 39.1 Å². The summed E-state index contributed by atoms with van der Waals surface area (Å²) in [7, 11) is 5.94. The van der Waals surface area contributed by atoms with E-state index in [2.05, 4.69) is 13.2 Å². The lowest BCUT2D eigenvalue weighted by atomic mass is 9.81. The van der Waals surface area contributed by atoms with Crippen LogP contribution in [-0.2, 0) is 23.8 Å². The van der Waals surface area contributed by atoms with Crippen molar-refractivity contribution in [3.63, 3.8) is 0 Å². The van der Waals surface area contributed by atoms with Gasteiger partial charge in [0.15, 0.2) is 5.78 Å². The van der Waals surface area contributed by atoms with Crippen molar-refractivity contribution in [1.82, 2.24) is 0 Å². The SMILES string of the molecule is [B]C(C)(CCOCC(CCC(=O)C=C)COC(=O)C=C)OCC. The van der Waals surface area contributed by atoms with Crippen LogP contribution >= 0.6 is 0 Å². The molecule has 0 amide bonds. The zero-order valence-corrected chi connectivity index (χ0v) is 14.2. The molecule has 0 saturated heterocycles. The fraction of sp³-hybridized carbons (Fsp3) is 0.647. The number of rotatable bonds is 14. The Bertz CT molecular complexity index is 368. The van der Waals surface area contributed by atoms with Crippen LogP contribution in [0.1, 0.15) is 33.1 Å². The van der Waals surface area contributed by atoms with Crippen LogP contribution < -0.4 is 0 Å². The molecular formula is C17H27BO5. The largest absolute Gasteiger partial charge is 0.462 e. The Labute approximate surface area is 140 Å². The van der Waals surface area contributed by atoms with Crippen LogP contribution in [0.25, 0.3) is 0 Å². The van der Waals surface area contributed by atoms with Gasteiger partial charge < -0.3 is 14.2 Å². The molecular weight excluding hydrogens is 295 g/mol. The zero-order valence-electron chi connectivity index (χ0n) is 14.2. The van der Waals surface area contributed by atoms with Crippen molar-refractivity contribution in [3.8, 4) is 0 Å². The summed E-state index contributed by atoms with van der Waals surface area (Å²) in [5.41, 5.74) is -0.724. The van der Waals surface area contributed by atoms with Gasteiger partial charge in [-0.05, 0) is 32.8 Å². The summed E-state index contributed by atoms with van der Waals surface area (Å²) in [4.78, 5) is 22.5. The third kappa shape index (κ3) is 11.8. The van der Waals surface area contributed by atoms with E-state index in [1.807, 2.05) is 6.92 Å². The summed E-state index contributed by atoms with van der Waals surface area (Å²) in [6, 6.07) is 0. The molecule has 0 aliphatic heterocycles. The highest BCUT2D eigenvalue weighted by Gasteiger charge is 2.18. The number of carbonyl (C=O) groups excluding carboxylic acids is 2. The lowest BCUT2D eigenvalue weighted by Crippen LogP contribution is -2.31. The third-order valence-corrected chi connectivity index (χ3v) is 3.23. The maximum absolute atomic E-state index is 11.3. The minimum Gasteiger partial charge on any atom is -0.462 e. The highest BCUT2D eigenvalue weighted by Crippen LogP contribution is 2.13. The Hall–Kier alpha value is -1.40. The second-order valence-electron chi connectivity index (χ2n) is 5.48. The Morgan fingerprint density at radius 3 is 2.52 bits per heavy atom. The monoisotopic (exact) mass is 322 g/mol. The van der Waals surface area contributed by atoms with Crippen LogP contribution in [0.4, 0.5) is 0 Å². The third-order valence-electron chi connectivity index (χ3n) is 3.23. The molecule has 0 fully saturated rings. The fourth-order valence-corrected chi connectivity index (χ4v) is 1.85. The van der Waals surface area contributed by atoms with Crippen LogP contribution in [0.5, 0.6) is 0 Å². The molecule has 0 aromatic heterocycles. The quantitative estimate of drug-likeness (QED) is 0.212. The Kier molecular flexibility index (Phi) is 11.3. The lowest BCUT2D eigenvalue weighted by molar-refractivity contribution is -0.139. The average molecular weight is 322 g/mol. The second-order valence-corrected chi connectivity index (χ2v) is 5.48. The zero-order chi connectivity index (χ0) is 17.7. The van der Waals surface area contributed by atoms with Crippen LogP contribution in [0.3, 0.4) is 0 Å². The molecule has 0 bridgehead atoms. The second kappa shape index (κ2) is 12.1. The maximum Gasteiger partial charge on any atom is 0.330 e. The predicted octanol–water partition coefficient (Wildman–Crippen LogP) is 2.19. The Balaban J connectivity index is 4.22. The summed E-state index contributed by atoms with van der Waals surface area (Å²) in [6.45, 7) is 12.0. The van der Waals surface area contributed by atoms with Crippen molar-refractivity contribution in [2.75, 3.05) is 26.4 Å². The molecule has 0 spiro atoms. The van der Waals surface area contributed by atoms with Gasteiger partial charge in [0, 0.05) is 37.1 Å². The number of allylic oxidation sites excluding steroid dienone is 1. The van der Waals surface area contributed by atoms with E-state index in [9.17, 15) is 9.59 Å². The van der Waals surface area contributed by atoms with Gasteiger partial charge in [-0.15, -0.1) is 0 Å². The van der Waals surface area contributed by atoms with Gasteiger partial charge in [-0.25, -0.2) is 4.79 Å². The normalized spacial score (nSPS) is 14.5. The molecule has 0 aliphatic rings. The first-order chi connectivity index (χ1) is 10.8. The standard InChI is InChI=1S/C17H27BO5/c1-5-15(19)9-8-14(13-22-16(20)6-2)12-21-11-10-17(4,18)23-7-3/h5-6,14H,1-2,7-13H2,3-4H3. The van der Waals surface area contributed by atoms with Gasteiger partial charge in [0.1, 0.15) is 7.85 Å². The van der Waals surface area contributed by atoms with Gasteiger partial charge in [0.25, 0.3) is 0 Å². The van der Waals surface area contributed by atoms with Crippen LogP contribution in [0.15, 0.2) is 25.3 Å². The molecule has 23 heavy (non-hydrogen) atoms. The van der Waals surface area contributed by atoms with E-state index in [1.165, 1.54) is 6.08 Å². The molecule has 0 rings (SSSR count). The molecule has 0 aromatic rings. The first-order valence-electron chi connectivity index (χ1n) is 7.79. The number of ether oxygens (including phenoxy) is 3. The van der Waals surface area contributed by atoms with Gasteiger partial charge in [0.2, 0.25) is 0 Å². The van der Waals surface area contributed by atoms with Crippen LogP contribution in [0.2, 0.25) is 0 Å². The van der Waals surface area contributed by atoms with Crippen molar-refractivity contribution in [3.05, 3.63) is 25.3 Å². The van der Waals surface area contributed by atoms with E-state index in [4.69, 9.17) is 22.1 Å². The van der Waals surface area contributed by atoms with Crippen LogP contribution in [-0.4, -0.2) is 51.5 Å². The first kappa shape index (κ1) is 21.6. The summed E-state index contributed by atoms with van der Waals surface area (Å²) in [5, 5.41) is 0. The Morgan fingerprint density at radius 1 is 1.26 bits per heavy atom. The summed E-state index contributed by atoms with van der Waals surface area (Å²) in [5.74, 6) is -0.606. The van der Waals surface area contributed by atoms with Gasteiger partial charge in [-0.1, -0.05) is 13.2 Å². The highest BCUT2D eigenvalue weighted by molar-refractivity contribution is 6.14. The molecule has 0 N–H and O–H groups in total. The van der Waals surface area contributed by atoms with Gasteiger partial charge >= 0.3 is 5.97 Å². The average Bonchev–Trinajstić information content (AvgIpc) is 2.52. The van der Waals surface area contributed by atoms with Crippen LogP contribution in [0, 0.1) is 5.92 Å². The van der Waals surface area contributed by atoms with E-state index < -0.39 is 11.5 Å². The molecule has 6 heteroatoms. The molecule has 0 saturated carbocycles. The molecule has 2 radical (unpaired) electrons. The maximum atomic E-state index is 11.3. The Morgan fingerprint density at radius 2 is 1.96 bits per heavy atom. The van der Waals surface area contributed by atoms with Crippen molar-refractivity contribution >= 4 is 19.6 Å². The molecule has 2 atom stereocenters. The number of hydrogen-bond acceptors (Lipinski definition) is 5. The molecule has 0 aromatic carbocycles. The number of esters is 1. The molecule has 128 valence electrons. The minimum absolute atomic E-state index is 0.0454. The topological polar surface area (TPSA) is 61.8 Å². The number of hydrogen-bond donors (Lipinski definition) is 0. The van der Waals surface area contributed by atoms with Gasteiger partial charge in [-0.3, -0.25) is 4.79 Å². The smallest absolute Gasteiger partial charge is 0.330 e. The highest BCUT2D eigenvalue weighted by atomic mass is 16.5. The predicted molar refractivity (Wildman–Crippen MR) is 90.3 cm³/mol. The van der Waals surface area contributed by atoms with E-state index in [0.717, 1.165) is 6.08 Å². The first-order valence-corrected chi connectivity index (χ1v) is 7.79. The fourth-order valence-electron chi connectivity index (χ4n) is 1.85. The lowest BCUT2D eigenvalue weighted by Gasteiger charge is -2.25. The van der Waals surface area contributed by atoms with Gasteiger partial charge in [0.05, 0.1) is 13.2 Å². The molecule has 5 nitrogen and oxygen atoms in total. The minimum atomic E-state index is -0.724. The van der Waals surface area contributed by atoms with E-state index in [1.54, 1.807) is 6.92 Å². The summed E-state index contributed by atoms with van der Waals surface area (Å²) >= 11 is 0. The molecule has 0 heterocycles.